The normalized spacial score (nSPS) is 16.2. The number of aliphatic imine (C=N–C) groups is 1. The fourth-order valence-electron chi connectivity index (χ4n) is 4.10. The molecule has 1 aromatic carbocycles. The highest BCUT2D eigenvalue weighted by molar-refractivity contribution is 14.0. The van der Waals surface area contributed by atoms with Crippen LogP contribution in [0.3, 0.4) is 0 Å². The number of nitrogens with zero attached hydrogens (tertiary/aromatic N) is 5. The first kappa shape index (κ1) is 26.0. The minimum absolute atomic E-state index is 0. The van der Waals surface area contributed by atoms with Crippen molar-refractivity contribution in [1.29, 1.82) is 0 Å². The zero-order valence-electron chi connectivity index (χ0n) is 20.3. The van der Waals surface area contributed by atoms with Gasteiger partial charge in [-0.1, -0.05) is 18.2 Å². The number of nitrogens with one attached hydrogen (secondary N) is 2. The smallest absolute Gasteiger partial charge is 0.191 e. The molecular weight excluding hydrogens is 541 g/mol. The SMILES string of the molecule is CN=C(NCc1ccnc(N2CCOC(C)C2)c1)NCc1ccccc1-n1nc(C)cc1C.I. The summed E-state index contributed by atoms with van der Waals surface area (Å²) in [5.41, 5.74) is 5.51. The van der Waals surface area contributed by atoms with E-state index in [-0.39, 0.29) is 30.1 Å². The van der Waals surface area contributed by atoms with Crippen LogP contribution in [0.1, 0.15) is 29.4 Å². The maximum absolute atomic E-state index is 5.65. The van der Waals surface area contributed by atoms with E-state index < -0.39 is 0 Å². The number of ether oxygens (including phenoxy) is 1. The number of para-hydroxylation sites is 1. The van der Waals surface area contributed by atoms with Crippen molar-refractivity contribution in [3.05, 3.63) is 71.2 Å². The molecule has 0 amide bonds. The number of hydrogen-bond donors (Lipinski definition) is 2. The van der Waals surface area contributed by atoms with E-state index in [1.54, 1.807) is 7.05 Å². The lowest BCUT2D eigenvalue weighted by molar-refractivity contribution is 0.0529. The van der Waals surface area contributed by atoms with E-state index in [0.717, 1.165) is 59.7 Å². The molecule has 4 rings (SSSR count). The van der Waals surface area contributed by atoms with Gasteiger partial charge >= 0.3 is 0 Å². The second kappa shape index (κ2) is 12.2. The average molecular weight is 575 g/mol. The number of aryl methyl sites for hydroxylation is 2. The van der Waals surface area contributed by atoms with Crippen LogP contribution in [0, 0.1) is 13.8 Å². The van der Waals surface area contributed by atoms with Gasteiger partial charge in [0.25, 0.3) is 0 Å². The molecule has 2 aromatic heterocycles. The summed E-state index contributed by atoms with van der Waals surface area (Å²) in [6, 6.07) is 14.6. The molecule has 9 heteroatoms. The van der Waals surface area contributed by atoms with Gasteiger partial charge in [0.1, 0.15) is 5.82 Å². The summed E-state index contributed by atoms with van der Waals surface area (Å²) in [5.74, 6) is 1.74. The number of benzene rings is 1. The summed E-state index contributed by atoms with van der Waals surface area (Å²) in [7, 11) is 1.79. The molecule has 0 radical (unpaired) electrons. The Labute approximate surface area is 218 Å². The van der Waals surface area contributed by atoms with E-state index in [1.807, 2.05) is 36.0 Å². The lowest BCUT2D eigenvalue weighted by atomic mass is 10.1. The minimum atomic E-state index is 0. The molecule has 2 N–H and O–H groups in total. The van der Waals surface area contributed by atoms with Crippen molar-refractivity contribution in [3.63, 3.8) is 0 Å². The summed E-state index contributed by atoms with van der Waals surface area (Å²) >= 11 is 0. The predicted molar refractivity (Wildman–Crippen MR) is 147 cm³/mol. The molecule has 0 aliphatic carbocycles. The van der Waals surface area contributed by atoms with Crippen LogP contribution in [-0.4, -0.2) is 53.6 Å². The number of guanidine groups is 1. The van der Waals surface area contributed by atoms with Gasteiger partial charge in [0.05, 0.1) is 24.1 Å². The summed E-state index contributed by atoms with van der Waals surface area (Å²) in [6.07, 6.45) is 2.09. The zero-order chi connectivity index (χ0) is 23.2. The van der Waals surface area contributed by atoms with Gasteiger partial charge in [-0.2, -0.15) is 5.10 Å². The van der Waals surface area contributed by atoms with E-state index in [2.05, 4.69) is 68.7 Å². The van der Waals surface area contributed by atoms with Crippen LogP contribution in [-0.2, 0) is 17.8 Å². The van der Waals surface area contributed by atoms with Gasteiger partial charge in [0.15, 0.2) is 5.96 Å². The fourth-order valence-corrected chi connectivity index (χ4v) is 4.10. The molecule has 1 saturated heterocycles. The Bertz CT molecular complexity index is 1110. The molecule has 0 bridgehead atoms. The Balaban J connectivity index is 0.00000324. The van der Waals surface area contributed by atoms with Crippen LogP contribution in [0.2, 0.25) is 0 Å². The Hall–Kier alpha value is -2.66. The van der Waals surface area contributed by atoms with Crippen molar-refractivity contribution in [2.45, 2.75) is 40.0 Å². The topological polar surface area (TPSA) is 79.6 Å². The summed E-state index contributed by atoms with van der Waals surface area (Å²) in [6.45, 7) is 9.95. The standard InChI is InChI=1S/C25H33N7O.HI/c1-18-13-19(2)32(30-18)23-8-6-5-7-22(23)16-29-25(26-4)28-15-21-9-10-27-24(14-21)31-11-12-33-20(3)17-31;/h5-10,13-14,20H,11-12,15-17H2,1-4H3,(H2,26,28,29);1H. The molecule has 0 spiro atoms. The van der Waals surface area contributed by atoms with Crippen molar-refractivity contribution in [2.75, 3.05) is 31.6 Å². The third kappa shape index (κ3) is 6.47. The number of anilines is 1. The molecule has 1 aliphatic rings. The molecule has 1 aliphatic heterocycles. The van der Waals surface area contributed by atoms with Crippen molar-refractivity contribution >= 4 is 35.8 Å². The number of halogens is 1. The van der Waals surface area contributed by atoms with Gasteiger partial charge in [-0.15, -0.1) is 24.0 Å². The molecule has 3 heterocycles. The molecule has 8 nitrogen and oxygen atoms in total. The Morgan fingerprint density at radius 2 is 1.94 bits per heavy atom. The van der Waals surface area contributed by atoms with Crippen LogP contribution in [0.4, 0.5) is 5.82 Å². The second-order valence-electron chi connectivity index (χ2n) is 8.40. The van der Waals surface area contributed by atoms with E-state index in [4.69, 9.17) is 4.74 Å². The Kier molecular flexibility index (Phi) is 9.28. The van der Waals surface area contributed by atoms with Crippen molar-refractivity contribution in [3.8, 4) is 5.69 Å². The number of pyridine rings is 1. The van der Waals surface area contributed by atoms with Crippen LogP contribution in [0.25, 0.3) is 5.69 Å². The van der Waals surface area contributed by atoms with Crippen LogP contribution in [0.15, 0.2) is 53.7 Å². The number of rotatable bonds is 6. The van der Waals surface area contributed by atoms with Gasteiger partial charge in [0.2, 0.25) is 0 Å². The lowest BCUT2D eigenvalue weighted by Gasteiger charge is -2.32. The third-order valence-corrected chi connectivity index (χ3v) is 5.73. The van der Waals surface area contributed by atoms with Gasteiger partial charge < -0.3 is 20.3 Å². The third-order valence-electron chi connectivity index (χ3n) is 5.73. The monoisotopic (exact) mass is 575 g/mol. The largest absolute Gasteiger partial charge is 0.375 e. The fraction of sp³-hybridized carbons (Fsp3) is 0.400. The first-order chi connectivity index (χ1) is 16.0. The lowest BCUT2D eigenvalue weighted by Crippen LogP contribution is -2.41. The molecule has 3 aromatic rings. The van der Waals surface area contributed by atoms with E-state index in [9.17, 15) is 0 Å². The molecular formula is C25H34IN7O. The Morgan fingerprint density at radius 1 is 1.15 bits per heavy atom. The number of hydrogen-bond acceptors (Lipinski definition) is 5. The van der Waals surface area contributed by atoms with Crippen molar-refractivity contribution in [1.82, 2.24) is 25.4 Å². The highest BCUT2D eigenvalue weighted by Crippen LogP contribution is 2.18. The average Bonchev–Trinajstić information content (AvgIpc) is 3.17. The molecule has 1 unspecified atom stereocenters. The zero-order valence-corrected chi connectivity index (χ0v) is 22.6. The highest BCUT2D eigenvalue weighted by Gasteiger charge is 2.18. The second-order valence-corrected chi connectivity index (χ2v) is 8.40. The maximum Gasteiger partial charge on any atom is 0.191 e. The highest BCUT2D eigenvalue weighted by atomic mass is 127. The molecule has 34 heavy (non-hydrogen) atoms. The molecule has 0 saturated carbocycles. The van der Waals surface area contributed by atoms with Gasteiger partial charge in [-0.05, 0) is 56.2 Å². The van der Waals surface area contributed by atoms with E-state index in [0.29, 0.717) is 13.1 Å². The van der Waals surface area contributed by atoms with Crippen LogP contribution < -0.4 is 15.5 Å². The van der Waals surface area contributed by atoms with E-state index >= 15 is 0 Å². The summed E-state index contributed by atoms with van der Waals surface area (Å²) in [4.78, 5) is 11.2. The summed E-state index contributed by atoms with van der Waals surface area (Å²) in [5, 5.41) is 11.5. The van der Waals surface area contributed by atoms with Crippen LogP contribution >= 0.6 is 24.0 Å². The van der Waals surface area contributed by atoms with E-state index in [1.165, 1.54) is 0 Å². The minimum Gasteiger partial charge on any atom is -0.375 e. The Morgan fingerprint density at radius 3 is 2.68 bits per heavy atom. The first-order valence-corrected chi connectivity index (χ1v) is 11.4. The molecule has 1 fully saturated rings. The quantitative estimate of drug-likeness (QED) is 0.266. The summed E-state index contributed by atoms with van der Waals surface area (Å²) < 4.78 is 7.64. The van der Waals surface area contributed by atoms with Gasteiger partial charge in [-0.3, -0.25) is 4.99 Å². The molecule has 182 valence electrons. The number of morpholine rings is 1. The van der Waals surface area contributed by atoms with Gasteiger partial charge in [-0.25, -0.2) is 9.67 Å². The van der Waals surface area contributed by atoms with Crippen molar-refractivity contribution < 1.29 is 4.74 Å². The maximum atomic E-state index is 5.65. The van der Waals surface area contributed by atoms with Crippen LogP contribution in [0.5, 0.6) is 0 Å². The predicted octanol–water partition coefficient (Wildman–Crippen LogP) is 3.59. The van der Waals surface area contributed by atoms with Gasteiger partial charge in [0, 0.05) is 45.1 Å². The van der Waals surface area contributed by atoms with Crippen molar-refractivity contribution in [2.24, 2.45) is 4.99 Å². The molecule has 1 atom stereocenters. The number of aromatic nitrogens is 3. The first-order valence-electron chi connectivity index (χ1n) is 11.4.